The van der Waals surface area contributed by atoms with E-state index in [9.17, 15) is 4.79 Å². The van der Waals surface area contributed by atoms with Crippen molar-refractivity contribution >= 4 is 12.1 Å². The summed E-state index contributed by atoms with van der Waals surface area (Å²) in [4.78, 5) is 18.3. The number of nitrogens with zero attached hydrogens (tertiary/aromatic N) is 3. The Bertz CT molecular complexity index is 648. The number of hydrogen-bond acceptors (Lipinski definition) is 5. The number of ether oxygens (including phenoxy) is 1. The van der Waals surface area contributed by atoms with Gasteiger partial charge in [0.2, 0.25) is 0 Å². The summed E-state index contributed by atoms with van der Waals surface area (Å²) in [6, 6.07) is 2.08. The lowest BCUT2D eigenvalue weighted by atomic mass is 10.1. The number of amides is 1. The monoisotopic (exact) mass is 379 g/mol. The number of rotatable bonds is 4. The lowest BCUT2D eigenvalue weighted by Gasteiger charge is -2.35. The Morgan fingerprint density at radius 1 is 1.48 bits per heavy atom. The van der Waals surface area contributed by atoms with Crippen molar-refractivity contribution < 1.29 is 14.1 Å². The quantitative estimate of drug-likeness (QED) is 0.617. The zero-order valence-corrected chi connectivity index (χ0v) is 17.3. The smallest absolute Gasteiger partial charge is 0.410 e. The van der Waals surface area contributed by atoms with Gasteiger partial charge in [-0.15, -0.1) is 0 Å². The molecule has 0 radical (unpaired) electrons. The van der Waals surface area contributed by atoms with Crippen molar-refractivity contribution in [2.24, 2.45) is 4.99 Å². The van der Waals surface area contributed by atoms with E-state index >= 15 is 0 Å². The third-order valence-electron chi connectivity index (χ3n) is 4.24. The minimum atomic E-state index is -0.485. The molecule has 27 heavy (non-hydrogen) atoms. The molecule has 1 fully saturated rings. The standard InChI is InChI=1S/C19H33N5O3/c1-13(2)16-10-15(27-23-16)11-21-17(20-6)22-14-8-7-9-24(12-14)18(25)26-19(3,4)5/h10,13-14H,7-9,11-12H2,1-6H3,(H2,20,21,22). The molecule has 0 spiro atoms. The van der Waals surface area contributed by atoms with Crippen LogP contribution in [0, 0.1) is 0 Å². The van der Waals surface area contributed by atoms with Gasteiger partial charge in [-0.05, 0) is 39.5 Å². The average molecular weight is 380 g/mol. The summed E-state index contributed by atoms with van der Waals surface area (Å²) in [7, 11) is 1.73. The van der Waals surface area contributed by atoms with Crippen molar-refractivity contribution in [2.45, 2.75) is 71.6 Å². The summed E-state index contributed by atoms with van der Waals surface area (Å²) in [6.07, 6.45) is 1.63. The van der Waals surface area contributed by atoms with E-state index in [0.717, 1.165) is 30.8 Å². The average Bonchev–Trinajstić information content (AvgIpc) is 3.06. The van der Waals surface area contributed by atoms with E-state index in [0.29, 0.717) is 25.0 Å². The number of guanidine groups is 1. The van der Waals surface area contributed by atoms with Crippen LogP contribution >= 0.6 is 0 Å². The lowest BCUT2D eigenvalue weighted by Crippen LogP contribution is -2.53. The van der Waals surface area contributed by atoms with Crippen LogP contribution in [0.5, 0.6) is 0 Å². The fourth-order valence-corrected chi connectivity index (χ4v) is 2.83. The van der Waals surface area contributed by atoms with E-state index in [1.807, 2.05) is 26.8 Å². The first-order chi connectivity index (χ1) is 12.7. The molecular weight excluding hydrogens is 346 g/mol. The molecule has 1 unspecified atom stereocenters. The number of hydrogen-bond donors (Lipinski definition) is 2. The SMILES string of the molecule is CN=C(NCc1cc(C(C)C)no1)NC1CCCN(C(=O)OC(C)(C)C)C1. The highest BCUT2D eigenvalue weighted by molar-refractivity contribution is 5.80. The van der Waals surface area contributed by atoms with E-state index in [-0.39, 0.29) is 12.1 Å². The molecule has 2 heterocycles. The maximum atomic E-state index is 12.3. The van der Waals surface area contributed by atoms with Gasteiger partial charge < -0.3 is 24.8 Å². The molecule has 1 amide bonds. The molecule has 152 valence electrons. The van der Waals surface area contributed by atoms with Crippen molar-refractivity contribution in [3.8, 4) is 0 Å². The van der Waals surface area contributed by atoms with Gasteiger partial charge in [0.25, 0.3) is 0 Å². The van der Waals surface area contributed by atoms with Gasteiger partial charge in [0.1, 0.15) is 5.60 Å². The van der Waals surface area contributed by atoms with Crippen LogP contribution in [0.15, 0.2) is 15.6 Å². The van der Waals surface area contributed by atoms with Crippen LogP contribution in [0.1, 0.15) is 64.8 Å². The summed E-state index contributed by atoms with van der Waals surface area (Å²) in [5, 5.41) is 10.7. The summed E-state index contributed by atoms with van der Waals surface area (Å²) in [5.41, 5.74) is 0.455. The Labute approximate surface area is 161 Å². The van der Waals surface area contributed by atoms with E-state index in [1.54, 1.807) is 11.9 Å². The van der Waals surface area contributed by atoms with Crippen molar-refractivity contribution in [2.75, 3.05) is 20.1 Å². The largest absolute Gasteiger partial charge is 0.444 e. The first kappa shape index (κ1) is 21.1. The van der Waals surface area contributed by atoms with Crippen molar-refractivity contribution in [3.63, 3.8) is 0 Å². The lowest BCUT2D eigenvalue weighted by molar-refractivity contribution is 0.0193. The second-order valence-electron chi connectivity index (χ2n) is 8.21. The first-order valence-corrected chi connectivity index (χ1v) is 9.58. The molecule has 8 nitrogen and oxygen atoms in total. The predicted octanol–water partition coefficient (Wildman–Crippen LogP) is 2.86. The van der Waals surface area contributed by atoms with E-state index in [1.165, 1.54) is 0 Å². The summed E-state index contributed by atoms with van der Waals surface area (Å²) < 4.78 is 10.8. The van der Waals surface area contributed by atoms with E-state index in [2.05, 4.69) is 34.6 Å². The molecule has 8 heteroatoms. The Morgan fingerprint density at radius 2 is 2.22 bits per heavy atom. The molecule has 2 N–H and O–H groups in total. The van der Waals surface area contributed by atoms with Crippen LogP contribution in [0.3, 0.4) is 0 Å². The molecule has 1 aromatic rings. The Morgan fingerprint density at radius 3 is 2.81 bits per heavy atom. The number of likely N-dealkylation sites (tertiary alicyclic amines) is 1. The van der Waals surface area contributed by atoms with Gasteiger partial charge in [-0.25, -0.2) is 4.79 Å². The fraction of sp³-hybridized carbons (Fsp3) is 0.737. The highest BCUT2D eigenvalue weighted by Gasteiger charge is 2.28. The molecule has 1 aliphatic heterocycles. The van der Waals surface area contributed by atoms with E-state index in [4.69, 9.17) is 9.26 Å². The molecule has 2 rings (SSSR count). The third kappa shape index (κ3) is 6.77. The molecular formula is C19H33N5O3. The zero-order valence-electron chi connectivity index (χ0n) is 17.3. The normalized spacial score (nSPS) is 18.6. The van der Waals surface area contributed by atoms with Gasteiger partial charge in [-0.2, -0.15) is 0 Å². The van der Waals surface area contributed by atoms with E-state index < -0.39 is 5.60 Å². The second kappa shape index (κ2) is 9.10. The van der Waals surface area contributed by atoms with Gasteiger partial charge in [0.05, 0.1) is 12.2 Å². The Hall–Kier alpha value is -2.25. The summed E-state index contributed by atoms with van der Waals surface area (Å²) >= 11 is 0. The number of nitrogens with one attached hydrogen (secondary N) is 2. The van der Waals surface area contributed by atoms with Crippen LogP contribution in [-0.2, 0) is 11.3 Å². The second-order valence-corrected chi connectivity index (χ2v) is 8.21. The number of aromatic nitrogens is 1. The molecule has 0 aromatic carbocycles. The number of aliphatic imine (C=N–C) groups is 1. The topological polar surface area (TPSA) is 92.0 Å². The minimum Gasteiger partial charge on any atom is -0.444 e. The van der Waals surface area contributed by atoms with Crippen LogP contribution < -0.4 is 10.6 Å². The molecule has 1 aromatic heterocycles. The molecule has 0 saturated carbocycles. The minimum absolute atomic E-state index is 0.124. The van der Waals surface area contributed by atoms with Gasteiger partial charge in [0, 0.05) is 32.2 Å². The van der Waals surface area contributed by atoms with Crippen LogP contribution in [0.25, 0.3) is 0 Å². The molecule has 1 saturated heterocycles. The van der Waals surface area contributed by atoms with Gasteiger partial charge in [0.15, 0.2) is 11.7 Å². The summed E-state index contributed by atoms with van der Waals surface area (Å²) in [5.74, 6) is 1.77. The highest BCUT2D eigenvalue weighted by atomic mass is 16.6. The van der Waals surface area contributed by atoms with Crippen molar-refractivity contribution in [1.29, 1.82) is 0 Å². The molecule has 0 aliphatic carbocycles. The maximum absolute atomic E-state index is 12.3. The number of carbonyl (C=O) groups is 1. The van der Waals surface area contributed by atoms with Gasteiger partial charge >= 0.3 is 6.09 Å². The summed E-state index contributed by atoms with van der Waals surface area (Å²) in [6.45, 7) is 11.6. The molecule has 1 aliphatic rings. The van der Waals surface area contributed by atoms with Crippen molar-refractivity contribution in [1.82, 2.24) is 20.7 Å². The van der Waals surface area contributed by atoms with Crippen molar-refractivity contribution in [3.05, 3.63) is 17.5 Å². The predicted molar refractivity (Wildman–Crippen MR) is 105 cm³/mol. The number of carbonyl (C=O) groups excluding carboxylic acids is 1. The third-order valence-corrected chi connectivity index (χ3v) is 4.24. The number of piperidine rings is 1. The molecule has 0 bridgehead atoms. The zero-order chi connectivity index (χ0) is 20.0. The van der Waals surface area contributed by atoms with Crippen LogP contribution in [-0.4, -0.2) is 53.9 Å². The van der Waals surface area contributed by atoms with Crippen LogP contribution in [0.2, 0.25) is 0 Å². The molecule has 1 atom stereocenters. The van der Waals surface area contributed by atoms with Gasteiger partial charge in [-0.3, -0.25) is 4.99 Å². The first-order valence-electron chi connectivity index (χ1n) is 9.58. The fourth-order valence-electron chi connectivity index (χ4n) is 2.83. The van der Waals surface area contributed by atoms with Crippen LogP contribution in [0.4, 0.5) is 4.79 Å². The Kier molecular flexibility index (Phi) is 7.10. The highest BCUT2D eigenvalue weighted by Crippen LogP contribution is 2.16. The van der Waals surface area contributed by atoms with Gasteiger partial charge in [-0.1, -0.05) is 19.0 Å². The maximum Gasteiger partial charge on any atom is 0.410 e. The Balaban J connectivity index is 1.85.